The average Bonchev–Trinajstić information content (AvgIpc) is 2.96. The fourth-order valence-corrected chi connectivity index (χ4v) is 3.83. The third-order valence-electron chi connectivity index (χ3n) is 4.06. The van der Waals surface area contributed by atoms with Crippen LogP contribution in [0.4, 0.5) is 11.4 Å². The van der Waals surface area contributed by atoms with Crippen LogP contribution in [0, 0.1) is 0 Å². The molecule has 2 aromatic carbocycles. The minimum absolute atomic E-state index is 0.0589. The number of imide groups is 1. The van der Waals surface area contributed by atoms with Gasteiger partial charge in [-0.3, -0.25) is 14.6 Å². The third kappa shape index (κ3) is 4.40. The Hall–Kier alpha value is -3.13. The number of carboxylic acids is 1. The Morgan fingerprint density at radius 2 is 1.86 bits per heavy atom. The molecule has 2 amide bonds. The number of anilines is 2. The van der Waals surface area contributed by atoms with Crippen LogP contribution >= 0.6 is 11.8 Å². The smallest absolute Gasteiger partial charge is 0.335 e. The van der Waals surface area contributed by atoms with Crippen LogP contribution in [0.5, 0.6) is 0 Å². The summed E-state index contributed by atoms with van der Waals surface area (Å²) >= 11 is 1.22. The predicted molar refractivity (Wildman–Crippen MR) is 110 cm³/mol. The van der Waals surface area contributed by atoms with Gasteiger partial charge in [-0.15, -0.1) is 0 Å². The number of carboxylic acid groups (broad SMARTS) is 1. The number of carbonyl (C=O) groups is 3. The summed E-state index contributed by atoms with van der Waals surface area (Å²) in [5, 5.41) is 12.2. The summed E-state index contributed by atoms with van der Waals surface area (Å²) in [6, 6.07) is 15.2. The lowest BCUT2D eigenvalue weighted by molar-refractivity contribution is -0.121. The molecule has 1 heterocycles. The van der Waals surface area contributed by atoms with Gasteiger partial charge < -0.3 is 10.4 Å². The number of para-hydroxylation sites is 1. The molecule has 1 aliphatic heterocycles. The van der Waals surface area contributed by atoms with Gasteiger partial charge in [-0.2, -0.15) is 0 Å². The van der Waals surface area contributed by atoms with Crippen molar-refractivity contribution in [3.63, 3.8) is 0 Å². The second-order valence-electron chi connectivity index (χ2n) is 6.00. The molecule has 28 heavy (non-hydrogen) atoms. The fraction of sp³-hybridized carbons (Fsp3) is 0.200. The highest BCUT2D eigenvalue weighted by atomic mass is 32.2. The van der Waals surface area contributed by atoms with E-state index in [1.54, 1.807) is 0 Å². The molecule has 0 saturated carbocycles. The molecule has 3 rings (SSSR count). The fourth-order valence-electron chi connectivity index (χ4n) is 2.75. The Morgan fingerprint density at radius 1 is 1.18 bits per heavy atom. The third-order valence-corrected chi connectivity index (χ3v) is 5.17. The second kappa shape index (κ2) is 8.71. The number of nitrogens with one attached hydrogen (secondary N) is 1. The van der Waals surface area contributed by atoms with Crippen molar-refractivity contribution in [2.75, 3.05) is 16.8 Å². The highest BCUT2D eigenvalue weighted by Gasteiger charge is 2.40. The number of nitrogens with zero attached hydrogens (tertiary/aromatic N) is 2. The molecule has 1 aliphatic rings. The van der Waals surface area contributed by atoms with Crippen LogP contribution in [0.2, 0.25) is 0 Å². The first-order valence-corrected chi connectivity index (χ1v) is 9.61. The van der Waals surface area contributed by atoms with E-state index in [1.807, 2.05) is 37.3 Å². The standard InChI is InChI=1S/C20H19N3O4S/c1-2-21-20(22-14-6-4-3-5-7-14)28-16-12-17(24)23(18(16)25)15-10-8-13(9-11-15)19(26)27/h3-11,16H,2,12H2,1H3,(H,21,22)(H,26,27)/t16-/m1/s1. The van der Waals surface area contributed by atoms with Crippen molar-refractivity contribution in [3.05, 3.63) is 60.2 Å². The minimum Gasteiger partial charge on any atom is -0.478 e. The average molecular weight is 397 g/mol. The molecule has 0 radical (unpaired) electrons. The van der Waals surface area contributed by atoms with Crippen LogP contribution in [-0.2, 0) is 9.59 Å². The van der Waals surface area contributed by atoms with Gasteiger partial charge in [0.05, 0.1) is 11.3 Å². The van der Waals surface area contributed by atoms with E-state index in [4.69, 9.17) is 5.11 Å². The zero-order chi connectivity index (χ0) is 20.1. The Balaban J connectivity index is 1.74. The van der Waals surface area contributed by atoms with Crippen LogP contribution in [0.25, 0.3) is 0 Å². The lowest BCUT2D eigenvalue weighted by Crippen LogP contribution is -2.31. The summed E-state index contributed by atoms with van der Waals surface area (Å²) in [7, 11) is 0. The minimum atomic E-state index is -1.06. The molecule has 1 atom stereocenters. The van der Waals surface area contributed by atoms with Crippen molar-refractivity contribution in [2.24, 2.45) is 4.99 Å². The van der Waals surface area contributed by atoms with E-state index in [0.717, 1.165) is 10.6 Å². The van der Waals surface area contributed by atoms with Gasteiger partial charge in [0.2, 0.25) is 11.8 Å². The number of aromatic carboxylic acids is 1. The molecule has 2 N–H and O–H groups in total. The molecule has 0 aromatic heterocycles. The van der Waals surface area contributed by atoms with E-state index in [-0.39, 0.29) is 23.8 Å². The quantitative estimate of drug-likeness (QED) is 0.457. The Bertz CT molecular complexity index is 913. The zero-order valence-corrected chi connectivity index (χ0v) is 16.0. The molecule has 144 valence electrons. The van der Waals surface area contributed by atoms with Crippen LogP contribution in [0.1, 0.15) is 23.7 Å². The van der Waals surface area contributed by atoms with Crippen LogP contribution in [0.15, 0.2) is 59.6 Å². The summed E-state index contributed by atoms with van der Waals surface area (Å²) < 4.78 is 0. The zero-order valence-electron chi connectivity index (χ0n) is 15.2. The number of benzene rings is 2. The van der Waals surface area contributed by atoms with Crippen LogP contribution < -0.4 is 10.2 Å². The number of aliphatic imine (C=N–C) groups is 1. The summed E-state index contributed by atoms with van der Waals surface area (Å²) in [4.78, 5) is 41.7. The molecule has 1 saturated heterocycles. The maximum atomic E-state index is 12.8. The molecule has 0 bridgehead atoms. The number of thioether (sulfide) groups is 1. The van der Waals surface area contributed by atoms with Crippen molar-refractivity contribution < 1.29 is 19.5 Å². The van der Waals surface area contributed by atoms with Crippen LogP contribution in [-0.4, -0.2) is 39.9 Å². The molecule has 0 spiro atoms. The predicted octanol–water partition coefficient (Wildman–Crippen LogP) is 3.24. The molecule has 0 unspecified atom stereocenters. The monoisotopic (exact) mass is 397 g/mol. The molecule has 2 aromatic rings. The largest absolute Gasteiger partial charge is 0.478 e. The number of rotatable bonds is 5. The van der Waals surface area contributed by atoms with Gasteiger partial charge in [-0.05, 0) is 43.3 Å². The van der Waals surface area contributed by atoms with Gasteiger partial charge >= 0.3 is 5.97 Å². The molecular weight excluding hydrogens is 378 g/mol. The maximum Gasteiger partial charge on any atom is 0.335 e. The van der Waals surface area contributed by atoms with E-state index in [0.29, 0.717) is 17.4 Å². The van der Waals surface area contributed by atoms with Gasteiger partial charge in [-0.25, -0.2) is 9.69 Å². The van der Waals surface area contributed by atoms with E-state index in [2.05, 4.69) is 10.3 Å². The first kappa shape index (κ1) is 19.6. The Labute approximate surface area is 166 Å². The van der Waals surface area contributed by atoms with Gasteiger partial charge in [0, 0.05) is 18.7 Å². The van der Waals surface area contributed by atoms with E-state index in [1.165, 1.54) is 36.0 Å². The number of amides is 2. The highest BCUT2D eigenvalue weighted by molar-refractivity contribution is 8.15. The first-order chi connectivity index (χ1) is 13.5. The highest BCUT2D eigenvalue weighted by Crippen LogP contribution is 2.31. The molecular formula is C20H19N3O4S. The van der Waals surface area contributed by atoms with E-state index in [9.17, 15) is 14.4 Å². The van der Waals surface area contributed by atoms with Gasteiger partial charge in [-0.1, -0.05) is 30.0 Å². The molecule has 7 nitrogen and oxygen atoms in total. The maximum absolute atomic E-state index is 12.8. The second-order valence-corrected chi connectivity index (χ2v) is 7.19. The van der Waals surface area contributed by atoms with Crippen molar-refractivity contribution >= 4 is 46.1 Å². The summed E-state index contributed by atoms with van der Waals surface area (Å²) in [6.45, 7) is 2.43. The van der Waals surface area contributed by atoms with Crippen molar-refractivity contribution in [1.82, 2.24) is 0 Å². The SMILES string of the molecule is CCN=C(Nc1ccccc1)S[C@@H]1CC(=O)N(c2ccc(C(=O)O)cc2)C1=O. The Morgan fingerprint density at radius 3 is 2.46 bits per heavy atom. The molecule has 0 aliphatic carbocycles. The molecule has 1 fully saturated rings. The topological polar surface area (TPSA) is 99.1 Å². The van der Waals surface area contributed by atoms with Crippen molar-refractivity contribution in [3.8, 4) is 0 Å². The summed E-state index contributed by atoms with van der Waals surface area (Å²) in [5.74, 6) is -1.72. The van der Waals surface area contributed by atoms with Crippen LogP contribution in [0.3, 0.4) is 0 Å². The number of hydrogen-bond acceptors (Lipinski definition) is 5. The molecule has 8 heteroatoms. The van der Waals surface area contributed by atoms with Gasteiger partial charge in [0.15, 0.2) is 5.17 Å². The number of hydrogen-bond donors (Lipinski definition) is 2. The lowest BCUT2D eigenvalue weighted by atomic mass is 10.2. The summed E-state index contributed by atoms with van der Waals surface area (Å²) in [5.41, 5.74) is 1.31. The van der Waals surface area contributed by atoms with Gasteiger partial charge in [0.25, 0.3) is 0 Å². The normalized spacial score (nSPS) is 17.1. The van der Waals surface area contributed by atoms with Crippen molar-refractivity contribution in [2.45, 2.75) is 18.6 Å². The first-order valence-electron chi connectivity index (χ1n) is 8.73. The van der Waals surface area contributed by atoms with E-state index < -0.39 is 11.2 Å². The summed E-state index contributed by atoms with van der Waals surface area (Å²) in [6.07, 6.45) is 0.0589. The van der Waals surface area contributed by atoms with Crippen molar-refractivity contribution in [1.29, 1.82) is 0 Å². The van der Waals surface area contributed by atoms with E-state index >= 15 is 0 Å². The van der Waals surface area contributed by atoms with Gasteiger partial charge in [0.1, 0.15) is 5.25 Å². The number of amidine groups is 1. The Kier molecular flexibility index (Phi) is 6.10. The lowest BCUT2D eigenvalue weighted by Gasteiger charge is -2.16. The number of carbonyl (C=O) groups excluding carboxylic acids is 2.